The number of pyridine rings is 1. The molecule has 11 heteroatoms. The number of hydrogen-bond donors (Lipinski definition) is 4. The third-order valence-corrected chi connectivity index (χ3v) is 8.25. The van der Waals surface area contributed by atoms with Gasteiger partial charge in [0.05, 0.1) is 18.1 Å². The molecular formula is C31H32N4O6S. The van der Waals surface area contributed by atoms with Crippen LogP contribution in [0.4, 0.5) is 10.5 Å². The molecule has 0 radical (unpaired) electrons. The van der Waals surface area contributed by atoms with Gasteiger partial charge in [-0.2, -0.15) is 0 Å². The van der Waals surface area contributed by atoms with Gasteiger partial charge in [-0.05, 0) is 84.1 Å². The number of carbonyl (C=O) groups excluding carboxylic acids is 1. The smallest absolute Gasteiger partial charge is 0.333 e. The van der Waals surface area contributed by atoms with Crippen molar-refractivity contribution >= 4 is 21.7 Å². The molecule has 0 spiro atoms. The zero-order valence-electron chi connectivity index (χ0n) is 23.0. The highest BCUT2D eigenvalue weighted by Gasteiger charge is 2.22. The number of benzene rings is 3. The summed E-state index contributed by atoms with van der Waals surface area (Å²) in [5.41, 5.74) is 3.76. The van der Waals surface area contributed by atoms with Gasteiger partial charge in [0.2, 0.25) is 0 Å². The number of hydrogen-bond acceptors (Lipinski definition) is 8. The lowest BCUT2D eigenvalue weighted by Crippen LogP contribution is -2.36. The minimum atomic E-state index is -4.12. The van der Waals surface area contributed by atoms with E-state index < -0.39 is 22.2 Å². The number of nitrogens with zero attached hydrogens (tertiary/aromatic N) is 1. The highest BCUT2D eigenvalue weighted by molar-refractivity contribution is 7.90. The predicted octanol–water partition coefficient (Wildman–Crippen LogP) is 4.28. The standard InChI is InChI=1S/C31H32N4O6S/c1-40-26-12-9-25(10-13-26)34-31(37)35-42(38,39)28-6-2-4-21(17-28)22-8-14-30-23(16-22)7-11-27(41-30)19-33-20-29(36)24-5-3-15-32-18-24/h2-6,8-10,12-18,27,29,33,36H,7,11,19-20H2,1H3,(H2,34,35,37)/t27-,29+/m1/s1. The Morgan fingerprint density at radius 2 is 1.88 bits per heavy atom. The van der Waals surface area contributed by atoms with E-state index in [1.54, 1.807) is 48.8 Å². The number of aromatic nitrogens is 1. The third-order valence-electron chi connectivity index (χ3n) is 6.92. The number of anilines is 1. The Morgan fingerprint density at radius 3 is 2.64 bits per heavy atom. The van der Waals surface area contributed by atoms with Crippen molar-refractivity contribution in [1.82, 2.24) is 15.0 Å². The molecular weight excluding hydrogens is 556 g/mol. The van der Waals surface area contributed by atoms with E-state index in [1.807, 2.05) is 30.3 Å². The highest BCUT2D eigenvalue weighted by atomic mass is 32.2. The first-order chi connectivity index (χ1) is 20.3. The number of sulfonamides is 1. The molecule has 0 unspecified atom stereocenters. The van der Waals surface area contributed by atoms with Gasteiger partial charge >= 0.3 is 6.03 Å². The van der Waals surface area contributed by atoms with Gasteiger partial charge in [0.15, 0.2) is 0 Å². The fraction of sp³-hybridized carbons (Fsp3) is 0.226. The van der Waals surface area contributed by atoms with Crippen LogP contribution in [0.5, 0.6) is 11.5 Å². The average Bonchev–Trinajstić information content (AvgIpc) is 3.01. The van der Waals surface area contributed by atoms with Crippen molar-refractivity contribution in [3.05, 3.63) is 102 Å². The monoisotopic (exact) mass is 588 g/mol. The molecule has 42 heavy (non-hydrogen) atoms. The number of urea groups is 1. The van der Waals surface area contributed by atoms with Crippen LogP contribution >= 0.6 is 0 Å². The number of amides is 2. The Morgan fingerprint density at radius 1 is 1.07 bits per heavy atom. The normalized spacial score (nSPS) is 15.1. The van der Waals surface area contributed by atoms with E-state index in [0.717, 1.165) is 35.3 Å². The SMILES string of the molecule is COc1ccc(NC(=O)NS(=O)(=O)c2cccc(-c3ccc4c(c3)CC[C@H](CNC[C@H](O)c3cccnc3)O4)c2)cc1. The number of fused-ring (bicyclic) bond motifs is 1. The van der Waals surface area contributed by atoms with E-state index in [9.17, 15) is 18.3 Å². The Bertz CT molecular complexity index is 1630. The van der Waals surface area contributed by atoms with E-state index in [0.29, 0.717) is 30.1 Å². The van der Waals surface area contributed by atoms with Crippen LogP contribution in [0, 0.1) is 0 Å². The first-order valence-corrected chi connectivity index (χ1v) is 15.0. The van der Waals surface area contributed by atoms with Crippen LogP contribution in [0.3, 0.4) is 0 Å². The van der Waals surface area contributed by atoms with Crippen molar-refractivity contribution in [3.63, 3.8) is 0 Å². The van der Waals surface area contributed by atoms with E-state index in [-0.39, 0.29) is 11.0 Å². The van der Waals surface area contributed by atoms with Crippen molar-refractivity contribution < 1.29 is 27.8 Å². The second kappa shape index (κ2) is 13.0. The topological polar surface area (TPSA) is 139 Å². The van der Waals surface area contributed by atoms with Gasteiger partial charge < -0.3 is 25.2 Å². The molecule has 0 saturated heterocycles. The molecule has 0 saturated carbocycles. The lowest BCUT2D eigenvalue weighted by atomic mass is 9.97. The number of aliphatic hydroxyl groups excluding tert-OH is 1. The summed E-state index contributed by atoms with van der Waals surface area (Å²) >= 11 is 0. The number of carbonyl (C=O) groups is 1. The van der Waals surface area contributed by atoms with Crippen molar-refractivity contribution in [2.24, 2.45) is 0 Å². The summed E-state index contributed by atoms with van der Waals surface area (Å²) < 4.78 is 39.2. The van der Waals surface area contributed by atoms with Crippen LogP contribution in [-0.4, -0.2) is 50.8 Å². The van der Waals surface area contributed by atoms with Crippen LogP contribution < -0.4 is 24.8 Å². The van der Waals surface area contributed by atoms with E-state index in [4.69, 9.17) is 9.47 Å². The summed E-state index contributed by atoms with van der Waals surface area (Å²) in [6.45, 7) is 0.992. The van der Waals surface area contributed by atoms with E-state index in [2.05, 4.69) is 20.3 Å². The number of aliphatic hydroxyl groups is 1. The Balaban J connectivity index is 1.19. The minimum Gasteiger partial charge on any atom is -0.497 e. The molecule has 1 aromatic heterocycles. The second-order valence-corrected chi connectivity index (χ2v) is 11.6. The summed E-state index contributed by atoms with van der Waals surface area (Å²) in [4.78, 5) is 16.4. The molecule has 4 aromatic rings. The van der Waals surface area contributed by atoms with Crippen LogP contribution in [0.1, 0.15) is 23.7 Å². The molecule has 4 N–H and O–H groups in total. The predicted molar refractivity (Wildman–Crippen MR) is 159 cm³/mol. The maximum Gasteiger partial charge on any atom is 0.333 e. The summed E-state index contributed by atoms with van der Waals surface area (Å²) in [7, 11) is -2.59. The van der Waals surface area contributed by atoms with E-state index >= 15 is 0 Å². The van der Waals surface area contributed by atoms with Crippen molar-refractivity contribution in [3.8, 4) is 22.6 Å². The van der Waals surface area contributed by atoms with Gasteiger partial charge in [-0.1, -0.05) is 24.3 Å². The van der Waals surface area contributed by atoms with Crippen molar-refractivity contribution in [2.75, 3.05) is 25.5 Å². The van der Waals surface area contributed by atoms with Gasteiger partial charge in [0, 0.05) is 36.7 Å². The first kappa shape index (κ1) is 29.1. The number of rotatable bonds is 10. The van der Waals surface area contributed by atoms with Crippen molar-refractivity contribution in [1.29, 1.82) is 0 Å². The Labute approximate surface area is 244 Å². The summed E-state index contributed by atoms with van der Waals surface area (Å²) in [6.07, 6.45) is 4.24. The molecule has 1 aliphatic heterocycles. The molecule has 0 aliphatic carbocycles. The summed E-state index contributed by atoms with van der Waals surface area (Å²) in [5.74, 6) is 1.40. The molecule has 218 valence electrons. The zero-order valence-corrected chi connectivity index (χ0v) is 23.8. The summed E-state index contributed by atoms with van der Waals surface area (Å²) in [5, 5.41) is 16.1. The molecule has 0 bridgehead atoms. The van der Waals surface area contributed by atoms with Crippen LogP contribution in [0.25, 0.3) is 11.1 Å². The van der Waals surface area contributed by atoms with Crippen LogP contribution in [-0.2, 0) is 16.4 Å². The van der Waals surface area contributed by atoms with Gasteiger partial charge in [-0.3, -0.25) is 4.98 Å². The van der Waals surface area contributed by atoms with Gasteiger partial charge in [0.1, 0.15) is 17.6 Å². The molecule has 2 atom stereocenters. The summed E-state index contributed by atoms with van der Waals surface area (Å²) in [6, 6.07) is 21.5. The Kier molecular flexibility index (Phi) is 9.01. The van der Waals surface area contributed by atoms with Crippen LogP contribution in [0.2, 0.25) is 0 Å². The van der Waals surface area contributed by atoms with Crippen molar-refractivity contribution in [2.45, 2.75) is 29.9 Å². The fourth-order valence-electron chi connectivity index (χ4n) is 4.69. The maximum absolute atomic E-state index is 13.0. The van der Waals surface area contributed by atoms with Gasteiger partial charge in [0.25, 0.3) is 10.0 Å². The van der Waals surface area contributed by atoms with Gasteiger partial charge in [-0.15, -0.1) is 0 Å². The van der Waals surface area contributed by atoms with Crippen LogP contribution in [0.15, 0.2) is 96.2 Å². The Hall–Kier alpha value is -4.45. The number of nitrogens with one attached hydrogen (secondary N) is 3. The second-order valence-electron chi connectivity index (χ2n) is 9.88. The molecule has 3 aromatic carbocycles. The quantitative estimate of drug-likeness (QED) is 0.215. The van der Waals surface area contributed by atoms with E-state index in [1.165, 1.54) is 19.2 Å². The number of aryl methyl sites for hydroxylation is 1. The molecule has 5 rings (SSSR count). The fourth-order valence-corrected chi connectivity index (χ4v) is 5.65. The van der Waals surface area contributed by atoms with Gasteiger partial charge in [-0.25, -0.2) is 17.9 Å². The number of methoxy groups -OCH3 is 1. The first-order valence-electron chi connectivity index (χ1n) is 13.5. The molecule has 1 aliphatic rings. The maximum atomic E-state index is 13.0. The molecule has 10 nitrogen and oxygen atoms in total. The lowest BCUT2D eigenvalue weighted by molar-refractivity contribution is 0.146. The molecule has 2 amide bonds. The molecule has 0 fully saturated rings. The lowest BCUT2D eigenvalue weighted by Gasteiger charge is -2.27. The minimum absolute atomic E-state index is 0.0292. The molecule has 2 heterocycles. The third kappa shape index (κ3) is 7.24. The average molecular weight is 589 g/mol. The largest absolute Gasteiger partial charge is 0.497 e. The zero-order chi connectivity index (χ0) is 29.5. The number of ether oxygens (including phenoxy) is 2. The highest BCUT2D eigenvalue weighted by Crippen LogP contribution is 2.32.